The van der Waals surface area contributed by atoms with E-state index in [1.165, 1.54) is 0 Å². The molecule has 0 radical (unpaired) electrons. The number of aliphatic hydroxyl groups excluding tert-OH is 1. The molecule has 126 valence electrons. The predicted octanol–water partition coefficient (Wildman–Crippen LogP) is 1.27. The van der Waals surface area contributed by atoms with Crippen LogP contribution in [0, 0.1) is 5.92 Å². The summed E-state index contributed by atoms with van der Waals surface area (Å²) in [7, 11) is 0. The minimum absolute atomic E-state index is 0.0426. The normalized spacial score (nSPS) is 27.8. The minimum atomic E-state index is -0.476. The molecule has 2 aliphatic carbocycles. The van der Waals surface area contributed by atoms with Crippen LogP contribution in [0.15, 0.2) is 43.2 Å². The van der Waals surface area contributed by atoms with Gasteiger partial charge in [-0.3, -0.25) is 9.78 Å². The number of aliphatic hydroxyl groups is 1. The van der Waals surface area contributed by atoms with Crippen molar-refractivity contribution in [1.82, 2.24) is 19.9 Å². The number of hydrogen-bond donors (Lipinski definition) is 2. The Bertz CT molecular complexity index is 697. The van der Waals surface area contributed by atoms with E-state index < -0.39 is 11.5 Å². The van der Waals surface area contributed by atoms with Crippen molar-refractivity contribution in [2.24, 2.45) is 5.92 Å². The Balaban J connectivity index is 1.39. The highest BCUT2D eigenvalue weighted by atomic mass is 16.3. The number of nitrogens with one attached hydrogen (secondary N) is 1. The molecule has 4 rings (SSSR count). The average Bonchev–Trinajstić information content (AvgIpc) is 3.13. The second-order valence-electron chi connectivity index (χ2n) is 7.06. The molecular weight excluding hydrogens is 304 g/mol. The first-order valence-corrected chi connectivity index (χ1v) is 8.53. The zero-order valence-corrected chi connectivity index (χ0v) is 13.5. The summed E-state index contributed by atoms with van der Waals surface area (Å²) in [5.41, 5.74) is 0.614. The van der Waals surface area contributed by atoms with E-state index >= 15 is 0 Å². The maximum atomic E-state index is 12.8. The van der Waals surface area contributed by atoms with Crippen LogP contribution in [0.5, 0.6) is 0 Å². The van der Waals surface area contributed by atoms with E-state index in [2.05, 4.69) is 15.3 Å². The molecule has 2 N–H and O–H groups in total. The molecule has 2 aromatic rings. The third-order valence-corrected chi connectivity index (χ3v) is 5.39. The maximum Gasteiger partial charge on any atom is 0.230 e. The topological polar surface area (TPSA) is 80.0 Å². The standard InChI is InChI=1S/C18H22N4O2/c23-16-10-13(11-22-8-7-20-12-22)9-15(16)21-17(24)18(3-4-18)14-1-5-19-6-2-14/h1-2,5-8,12-13,15-16,23H,3-4,9-11H2,(H,21,24)/t13?,15-,16-/m1/s1. The highest BCUT2D eigenvalue weighted by Gasteiger charge is 2.52. The summed E-state index contributed by atoms with van der Waals surface area (Å²) in [6.07, 6.45) is 11.7. The van der Waals surface area contributed by atoms with Crippen LogP contribution in [0.4, 0.5) is 0 Å². The molecule has 0 saturated heterocycles. The second-order valence-corrected chi connectivity index (χ2v) is 7.06. The lowest BCUT2D eigenvalue weighted by molar-refractivity contribution is -0.125. The van der Waals surface area contributed by atoms with E-state index in [4.69, 9.17) is 0 Å². The van der Waals surface area contributed by atoms with E-state index in [1.807, 2.05) is 22.9 Å². The molecule has 6 heteroatoms. The summed E-state index contributed by atoms with van der Waals surface area (Å²) in [6.45, 7) is 0.832. The predicted molar refractivity (Wildman–Crippen MR) is 88.0 cm³/mol. The van der Waals surface area contributed by atoms with Crippen molar-refractivity contribution < 1.29 is 9.90 Å². The molecule has 2 heterocycles. The number of carbonyl (C=O) groups is 1. The lowest BCUT2D eigenvalue weighted by Gasteiger charge is -2.21. The molecule has 1 amide bonds. The highest BCUT2D eigenvalue weighted by molar-refractivity contribution is 5.91. The average molecular weight is 326 g/mol. The van der Waals surface area contributed by atoms with Gasteiger partial charge in [-0.2, -0.15) is 0 Å². The van der Waals surface area contributed by atoms with Crippen molar-refractivity contribution in [2.45, 2.75) is 49.8 Å². The number of aromatic nitrogens is 3. The molecule has 2 saturated carbocycles. The summed E-state index contributed by atoms with van der Waals surface area (Å²) in [5.74, 6) is 0.400. The van der Waals surface area contributed by atoms with Gasteiger partial charge in [0, 0.05) is 31.3 Å². The number of carbonyl (C=O) groups excluding carboxylic acids is 1. The van der Waals surface area contributed by atoms with Crippen LogP contribution >= 0.6 is 0 Å². The number of hydrogen-bond acceptors (Lipinski definition) is 4. The van der Waals surface area contributed by atoms with E-state index in [0.29, 0.717) is 12.3 Å². The van der Waals surface area contributed by atoms with Gasteiger partial charge in [-0.25, -0.2) is 4.98 Å². The van der Waals surface area contributed by atoms with Gasteiger partial charge in [-0.1, -0.05) is 0 Å². The Hall–Kier alpha value is -2.21. The summed E-state index contributed by atoms with van der Waals surface area (Å²) < 4.78 is 2.03. The molecule has 0 aromatic carbocycles. The van der Waals surface area contributed by atoms with Crippen molar-refractivity contribution >= 4 is 5.91 Å². The van der Waals surface area contributed by atoms with Gasteiger partial charge < -0.3 is 15.0 Å². The van der Waals surface area contributed by atoms with Crippen LogP contribution < -0.4 is 5.32 Å². The zero-order chi connectivity index (χ0) is 16.6. The van der Waals surface area contributed by atoms with Crippen LogP contribution in [-0.4, -0.2) is 37.7 Å². The lowest BCUT2D eigenvalue weighted by Crippen LogP contribution is -2.45. The molecule has 2 aromatic heterocycles. The zero-order valence-electron chi connectivity index (χ0n) is 13.5. The first-order valence-electron chi connectivity index (χ1n) is 8.53. The molecular formula is C18H22N4O2. The van der Waals surface area contributed by atoms with Crippen molar-refractivity contribution in [3.05, 3.63) is 48.8 Å². The Morgan fingerprint density at radius 2 is 2.04 bits per heavy atom. The van der Waals surface area contributed by atoms with Crippen molar-refractivity contribution in [1.29, 1.82) is 0 Å². The first-order chi connectivity index (χ1) is 11.7. The lowest BCUT2D eigenvalue weighted by atomic mass is 9.95. The summed E-state index contributed by atoms with van der Waals surface area (Å²) in [4.78, 5) is 20.9. The summed E-state index contributed by atoms with van der Waals surface area (Å²) in [6, 6.07) is 3.67. The van der Waals surface area contributed by atoms with E-state index in [-0.39, 0.29) is 11.9 Å². The fourth-order valence-corrected chi connectivity index (χ4v) is 3.86. The van der Waals surface area contributed by atoms with Gasteiger partial charge in [0.1, 0.15) is 0 Å². The SMILES string of the molecule is O=C(N[C@@H]1CC(Cn2ccnc2)C[C@H]1O)C1(c2ccncc2)CC1. The van der Waals surface area contributed by atoms with Gasteiger partial charge in [0.05, 0.1) is 23.9 Å². The molecule has 0 bridgehead atoms. The molecule has 2 aliphatic rings. The Morgan fingerprint density at radius 1 is 1.25 bits per heavy atom. The maximum absolute atomic E-state index is 12.8. The molecule has 0 spiro atoms. The molecule has 2 fully saturated rings. The second kappa shape index (κ2) is 6.02. The summed E-state index contributed by atoms with van der Waals surface area (Å²) >= 11 is 0. The highest BCUT2D eigenvalue weighted by Crippen LogP contribution is 2.48. The first kappa shape index (κ1) is 15.3. The van der Waals surface area contributed by atoms with Gasteiger partial charge in [-0.15, -0.1) is 0 Å². The number of pyridine rings is 1. The van der Waals surface area contributed by atoms with Crippen molar-refractivity contribution in [3.63, 3.8) is 0 Å². The molecule has 1 unspecified atom stereocenters. The van der Waals surface area contributed by atoms with E-state index in [0.717, 1.165) is 31.4 Å². The molecule has 24 heavy (non-hydrogen) atoms. The van der Waals surface area contributed by atoms with Crippen LogP contribution in [0.2, 0.25) is 0 Å². The number of imidazole rings is 1. The monoisotopic (exact) mass is 326 g/mol. The smallest absolute Gasteiger partial charge is 0.230 e. The summed E-state index contributed by atoms with van der Waals surface area (Å²) in [5, 5.41) is 13.4. The van der Waals surface area contributed by atoms with Crippen LogP contribution in [0.3, 0.4) is 0 Å². The third-order valence-electron chi connectivity index (χ3n) is 5.39. The largest absolute Gasteiger partial charge is 0.391 e. The third kappa shape index (κ3) is 2.82. The van der Waals surface area contributed by atoms with E-state index in [1.54, 1.807) is 24.9 Å². The van der Waals surface area contributed by atoms with Gasteiger partial charge >= 0.3 is 0 Å². The Kier molecular flexibility index (Phi) is 3.84. The molecule has 0 aliphatic heterocycles. The van der Waals surface area contributed by atoms with Crippen molar-refractivity contribution in [2.75, 3.05) is 0 Å². The Labute approximate surface area is 140 Å². The van der Waals surface area contributed by atoms with Gasteiger partial charge in [0.25, 0.3) is 0 Å². The van der Waals surface area contributed by atoms with Gasteiger partial charge in [0.15, 0.2) is 0 Å². The quantitative estimate of drug-likeness (QED) is 0.867. The van der Waals surface area contributed by atoms with E-state index in [9.17, 15) is 9.90 Å². The number of nitrogens with zero attached hydrogens (tertiary/aromatic N) is 3. The number of amides is 1. The molecule has 6 nitrogen and oxygen atoms in total. The van der Waals surface area contributed by atoms with Gasteiger partial charge in [0.2, 0.25) is 5.91 Å². The van der Waals surface area contributed by atoms with Crippen LogP contribution in [0.1, 0.15) is 31.2 Å². The fourth-order valence-electron chi connectivity index (χ4n) is 3.86. The number of rotatable bonds is 5. The fraction of sp³-hybridized carbons (Fsp3) is 0.500. The molecule has 3 atom stereocenters. The van der Waals surface area contributed by atoms with Crippen LogP contribution in [0.25, 0.3) is 0 Å². The van der Waals surface area contributed by atoms with Crippen molar-refractivity contribution in [3.8, 4) is 0 Å². The minimum Gasteiger partial charge on any atom is -0.391 e. The Morgan fingerprint density at radius 3 is 2.71 bits per heavy atom. The van der Waals surface area contributed by atoms with Crippen LogP contribution in [-0.2, 0) is 16.8 Å². The van der Waals surface area contributed by atoms with Gasteiger partial charge in [-0.05, 0) is 49.3 Å².